The maximum atomic E-state index is 4.96. The molecule has 2 aromatic rings. The van der Waals surface area contributed by atoms with Crippen LogP contribution in [0.2, 0.25) is 0 Å². The molecule has 2 aromatic carbocycles. The second-order valence-electron chi connectivity index (χ2n) is 11.7. The Morgan fingerprint density at radius 1 is 0.488 bits per heavy atom. The Morgan fingerprint density at radius 2 is 0.878 bits per heavy atom. The molecule has 0 radical (unpaired) electrons. The molecular weight excluding hydrogens is 543 g/mol. The van der Waals surface area contributed by atoms with E-state index < -0.39 is 0 Å². The molecule has 0 saturated carbocycles. The van der Waals surface area contributed by atoms with Crippen LogP contribution in [0.1, 0.15) is 154 Å². The van der Waals surface area contributed by atoms with Gasteiger partial charge < -0.3 is 0 Å². The van der Waals surface area contributed by atoms with Gasteiger partial charge in [0.2, 0.25) is 0 Å². The molecule has 232 valence electrons. The molecule has 41 heavy (non-hydrogen) atoms. The van der Waals surface area contributed by atoms with Crippen LogP contribution in [0.3, 0.4) is 0 Å². The summed E-state index contributed by atoms with van der Waals surface area (Å²) in [4.78, 5) is 9.75. The van der Waals surface area contributed by atoms with Crippen LogP contribution in [0.15, 0.2) is 58.5 Å². The van der Waals surface area contributed by atoms with Crippen LogP contribution in [-0.2, 0) is 29.3 Å². The van der Waals surface area contributed by atoms with Crippen molar-refractivity contribution in [3.63, 3.8) is 0 Å². The third kappa shape index (κ3) is 19.2. The number of hydrogen-bond donors (Lipinski definition) is 0. The average molecular weight is 604 g/mol. The van der Waals surface area contributed by atoms with E-state index in [1.165, 1.54) is 127 Å². The van der Waals surface area contributed by atoms with E-state index in [4.69, 9.17) is 9.98 Å². The van der Waals surface area contributed by atoms with Gasteiger partial charge in [-0.3, -0.25) is 9.98 Å². The van der Waals surface area contributed by atoms with Gasteiger partial charge in [-0.05, 0) is 73.9 Å². The first-order valence-corrected chi connectivity index (χ1v) is 17.0. The van der Waals surface area contributed by atoms with Crippen molar-refractivity contribution in [2.24, 2.45) is 9.98 Å². The van der Waals surface area contributed by atoms with Crippen molar-refractivity contribution in [2.75, 3.05) is 0 Å². The summed E-state index contributed by atoms with van der Waals surface area (Å²) in [5.41, 5.74) is 5.99. The number of benzene rings is 2. The van der Waals surface area contributed by atoms with Gasteiger partial charge >= 0.3 is 0 Å². The summed E-state index contributed by atoms with van der Waals surface area (Å²) in [6.45, 7) is 6.81. The molecule has 3 heteroatoms. The van der Waals surface area contributed by atoms with Crippen LogP contribution < -0.4 is 0 Å². The topological polar surface area (TPSA) is 24.7 Å². The summed E-state index contributed by atoms with van der Waals surface area (Å²) < 4.78 is 0. The summed E-state index contributed by atoms with van der Waals surface area (Å²) in [6.07, 6.45) is 29.6. The third-order valence-electron chi connectivity index (χ3n) is 7.93. The summed E-state index contributed by atoms with van der Waals surface area (Å²) in [7, 11) is 0. The first-order valence-electron chi connectivity index (χ1n) is 17.0. The molecule has 0 heterocycles. The van der Waals surface area contributed by atoms with Crippen LogP contribution in [0.4, 0.5) is 11.4 Å². The molecule has 0 saturated heterocycles. The zero-order valence-electron chi connectivity index (χ0n) is 26.8. The van der Waals surface area contributed by atoms with E-state index in [1.54, 1.807) is 0 Å². The van der Waals surface area contributed by atoms with Crippen molar-refractivity contribution < 1.29 is 16.5 Å². The molecule has 0 aliphatic heterocycles. The molecule has 0 bridgehead atoms. The first-order chi connectivity index (χ1) is 19.7. The fraction of sp³-hybridized carbons (Fsp3) is 0.632. The predicted octanol–water partition coefficient (Wildman–Crippen LogP) is 12.7. The van der Waals surface area contributed by atoms with E-state index in [2.05, 4.69) is 69.3 Å². The molecule has 0 amide bonds. The second-order valence-corrected chi connectivity index (χ2v) is 11.7. The van der Waals surface area contributed by atoms with Gasteiger partial charge in [-0.25, -0.2) is 0 Å². The smallest absolute Gasteiger partial charge is 0.0633 e. The Balaban J connectivity index is 0.00000840. The molecule has 2 rings (SSSR count). The zero-order valence-corrected chi connectivity index (χ0v) is 27.7. The number of rotatable bonds is 24. The fourth-order valence-electron chi connectivity index (χ4n) is 5.23. The molecule has 0 aliphatic rings. The molecule has 0 atom stereocenters. The van der Waals surface area contributed by atoms with Gasteiger partial charge in [0.05, 0.1) is 17.1 Å². The Hall–Kier alpha value is -1.73. The summed E-state index contributed by atoms with van der Waals surface area (Å²) in [6, 6.07) is 17.7. The second kappa shape index (κ2) is 25.9. The predicted molar refractivity (Wildman–Crippen MR) is 180 cm³/mol. The zero-order chi connectivity index (χ0) is 28.5. The van der Waals surface area contributed by atoms with Crippen molar-refractivity contribution in [3.05, 3.63) is 59.7 Å². The van der Waals surface area contributed by atoms with Gasteiger partial charge in [0.15, 0.2) is 0 Å². The largest absolute Gasteiger partial charge is 0.255 e. The van der Waals surface area contributed by atoms with Gasteiger partial charge in [0, 0.05) is 22.7 Å². The van der Waals surface area contributed by atoms with E-state index in [0.717, 1.165) is 36.3 Å². The number of aryl methyl sites for hydroxylation is 2. The van der Waals surface area contributed by atoms with Crippen molar-refractivity contribution in [1.82, 2.24) is 0 Å². The quantitative estimate of drug-likeness (QED) is 0.0648. The minimum absolute atomic E-state index is 0. The van der Waals surface area contributed by atoms with Crippen LogP contribution in [0.5, 0.6) is 0 Å². The Morgan fingerprint density at radius 3 is 1.32 bits per heavy atom. The molecule has 2 nitrogen and oxygen atoms in total. The van der Waals surface area contributed by atoms with E-state index in [1.807, 2.05) is 6.21 Å². The molecule has 0 aliphatic carbocycles. The Labute approximate surface area is 264 Å². The third-order valence-corrected chi connectivity index (χ3v) is 7.93. The van der Waals surface area contributed by atoms with Gasteiger partial charge in [0.25, 0.3) is 0 Å². The van der Waals surface area contributed by atoms with E-state index >= 15 is 0 Å². The molecule has 0 spiro atoms. The van der Waals surface area contributed by atoms with Gasteiger partial charge in [-0.15, -0.1) is 0 Å². The number of unbranched alkanes of at least 4 members (excludes halogenated alkanes) is 15. The average Bonchev–Trinajstić information content (AvgIpc) is 2.98. The van der Waals surface area contributed by atoms with Crippen LogP contribution in [0.25, 0.3) is 0 Å². The summed E-state index contributed by atoms with van der Waals surface area (Å²) in [5.74, 6) is 0. The molecule has 0 N–H and O–H groups in total. The van der Waals surface area contributed by atoms with E-state index in [9.17, 15) is 0 Å². The van der Waals surface area contributed by atoms with E-state index in [0.29, 0.717) is 0 Å². The Bertz CT molecular complexity index is 914. The number of nitrogens with zero attached hydrogens (tertiary/aromatic N) is 2. The molecule has 0 unspecified atom stereocenters. The monoisotopic (exact) mass is 602 g/mol. The molecule has 0 fully saturated rings. The fourth-order valence-corrected chi connectivity index (χ4v) is 5.23. The van der Waals surface area contributed by atoms with Crippen molar-refractivity contribution >= 4 is 23.3 Å². The maximum Gasteiger partial charge on any atom is 0.0633 e. The van der Waals surface area contributed by atoms with Crippen molar-refractivity contribution in [3.8, 4) is 0 Å². The summed E-state index contributed by atoms with van der Waals surface area (Å²) >= 11 is 0. The Kier molecular flexibility index (Phi) is 23.6. The van der Waals surface area contributed by atoms with Crippen LogP contribution in [-0.4, -0.2) is 11.9 Å². The minimum Gasteiger partial charge on any atom is -0.255 e. The van der Waals surface area contributed by atoms with Crippen LogP contribution in [0, 0.1) is 0 Å². The molecule has 0 aromatic heterocycles. The SMILES string of the molecule is CCCCCCCCCCc1ccc(/N=C/C(CCCC)=N/c2ccc(CCCCCCCCCC)cc2)cc1.[Ni]. The molecular formula is C38H60N2Ni. The standard InChI is InChI=1S/C38H60N2.Ni/c1-4-7-10-12-14-16-18-20-22-34-25-29-36(30-26-34)39-33-38(24-9-6-3)40-37-31-27-35(28-32-37)23-21-19-17-15-13-11-8-5-2;/h25-33H,4-24H2,1-3H3;/b39-33+,40-38+;. The van der Waals surface area contributed by atoms with Gasteiger partial charge in [-0.2, -0.15) is 0 Å². The van der Waals surface area contributed by atoms with E-state index in [-0.39, 0.29) is 16.5 Å². The van der Waals surface area contributed by atoms with Crippen LogP contribution >= 0.6 is 0 Å². The van der Waals surface area contributed by atoms with Gasteiger partial charge in [0.1, 0.15) is 0 Å². The normalized spacial score (nSPS) is 11.7. The first kappa shape index (κ1) is 37.3. The van der Waals surface area contributed by atoms with Gasteiger partial charge in [-0.1, -0.05) is 141 Å². The summed E-state index contributed by atoms with van der Waals surface area (Å²) in [5, 5.41) is 0. The van der Waals surface area contributed by atoms with Crippen molar-refractivity contribution in [2.45, 2.75) is 156 Å². The minimum atomic E-state index is 0. The number of aliphatic imine (C=N–C) groups is 2. The maximum absolute atomic E-state index is 4.96. The van der Waals surface area contributed by atoms with Crippen molar-refractivity contribution in [1.29, 1.82) is 0 Å². The number of hydrogen-bond acceptors (Lipinski definition) is 2.